The molecule has 33 heavy (non-hydrogen) atoms. The van der Waals surface area contributed by atoms with Crippen LogP contribution in [0.3, 0.4) is 0 Å². The fourth-order valence-corrected chi connectivity index (χ4v) is 4.34. The lowest BCUT2D eigenvalue weighted by molar-refractivity contribution is 0.289. The van der Waals surface area contributed by atoms with Crippen LogP contribution in [0.1, 0.15) is 23.1 Å². The number of hydrogen-bond acceptors (Lipinski definition) is 5. The van der Waals surface area contributed by atoms with Crippen LogP contribution in [0.4, 0.5) is 14.6 Å². The van der Waals surface area contributed by atoms with Gasteiger partial charge in [0.2, 0.25) is 5.95 Å². The molecule has 2 N–H and O–H groups in total. The third-order valence-electron chi connectivity index (χ3n) is 6.18. The van der Waals surface area contributed by atoms with E-state index in [1.807, 2.05) is 24.3 Å². The number of hydrogen-bond donors (Lipinski definition) is 2. The molecular formula is C25H23F2N5O. The van der Waals surface area contributed by atoms with Gasteiger partial charge in [-0.15, -0.1) is 0 Å². The predicted molar refractivity (Wildman–Crippen MR) is 126 cm³/mol. The molecule has 1 aromatic carbocycles. The first-order valence-electron chi connectivity index (χ1n) is 10.8. The highest BCUT2D eigenvalue weighted by atomic mass is 19.1. The lowest BCUT2D eigenvalue weighted by Gasteiger charge is -2.27. The van der Waals surface area contributed by atoms with Gasteiger partial charge >= 0.3 is 0 Å². The van der Waals surface area contributed by atoms with Crippen molar-refractivity contribution in [3.8, 4) is 0 Å². The summed E-state index contributed by atoms with van der Waals surface area (Å²) in [4.78, 5) is 25.0. The predicted octanol–water partition coefficient (Wildman–Crippen LogP) is 4.39. The maximum atomic E-state index is 15.1. The summed E-state index contributed by atoms with van der Waals surface area (Å²) in [7, 11) is 1.73. The van der Waals surface area contributed by atoms with E-state index in [-0.39, 0.29) is 11.1 Å². The van der Waals surface area contributed by atoms with Crippen molar-refractivity contribution in [3.05, 3.63) is 81.4 Å². The van der Waals surface area contributed by atoms with Gasteiger partial charge in [0.05, 0.1) is 5.52 Å². The third kappa shape index (κ3) is 3.87. The maximum absolute atomic E-state index is 15.1. The molecule has 4 heterocycles. The second-order valence-electron chi connectivity index (χ2n) is 8.31. The largest absolute Gasteiger partial charge is 0.371 e. The van der Waals surface area contributed by atoms with E-state index in [0.29, 0.717) is 59.5 Å². The van der Waals surface area contributed by atoms with Gasteiger partial charge < -0.3 is 10.3 Å². The van der Waals surface area contributed by atoms with Gasteiger partial charge in [-0.3, -0.25) is 9.69 Å². The summed E-state index contributed by atoms with van der Waals surface area (Å²) in [6.45, 7) is 3.32. The molecule has 0 saturated carbocycles. The lowest BCUT2D eigenvalue weighted by atomic mass is 9.99. The minimum Gasteiger partial charge on any atom is -0.371 e. The number of fused-ring (bicyclic) bond motifs is 2. The Morgan fingerprint density at radius 1 is 1.18 bits per heavy atom. The quantitative estimate of drug-likeness (QED) is 0.454. The van der Waals surface area contributed by atoms with E-state index in [4.69, 9.17) is 0 Å². The first-order chi connectivity index (χ1) is 15.9. The smallest absolute Gasteiger partial charge is 0.251 e. The van der Waals surface area contributed by atoms with Gasteiger partial charge in [0.15, 0.2) is 11.6 Å². The van der Waals surface area contributed by atoms with Crippen molar-refractivity contribution in [2.24, 2.45) is 0 Å². The van der Waals surface area contributed by atoms with Crippen LogP contribution >= 0.6 is 0 Å². The average Bonchev–Trinajstić information content (AvgIpc) is 2.82. The van der Waals surface area contributed by atoms with E-state index in [9.17, 15) is 9.18 Å². The van der Waals surface area contributed by atoms with Crippen LogP contribution < -0.4 is 10.9 Å². The number of aryl methyl sites for hydroxylation is 1. The Morgan fingerprint density at radius 3 is 2.79 bits per heavy atom. The Bertz CT molecular complexity index is 1480. The molecule has 3 aromatic heterocycles. The van der Waals surface area contributed by atoms with Crippen molar-refractivity contribution in [1.29, 1.82) is 0 Å². The molecule has 0 unspecified atom stereocenters. The third-order valence-corrected chi connectivity index (χ3v) is 6.18. The molecule has 1 aliphatic rings. The standard InChI is InChI=1S/C25H23F2N5O/c1-14-11-16-3-4-18(20(26)21(16)31-25(14)33)13-32-9-6-15(7-10-32)19-12-17-5-8-29-24(28-2)22(17)30-23(19)27/h3-6,8,11-12H,7,9-10,13H2,1-2H3,(H,28,29)(H,31,33). The SMILES string of the molecule is CNc1nccc2cc(C3=CCN(Cc4ccc5cc(C)c(=O)[nH]c5c4F)CC3)c(F)nc12. The summed E-state index contributed by atoms with van der Waals surface area (Å²) in [5, 5.41) is 4.42. The number of nitrogens with zero attached hydrogens (tertiary/aromatic N) is 3. The van der Waals surface area contributed by atoms with E-state index in [1.165, 1.54) is 0 Å². The molecule has 0 saturated heterocycles. The van der Waals surface area contributed by atoms with Crippen molar-refractivity contribution >= 4 is 33.2 Å². The van der Waals surface area contributed by atoms with Crippen LogP contribution in [-0.2, 0) is 6.54 Å². The highest BCUT2D eigenvalue weighted by molar-refractivity contribution is 5.90. The van der Waals surface area contributed by atoms with Gasteiger partial charge in [-0.1, -0.05) is 18.2 Å². The van der Waals surface area contributed by atoms with Gasteiger partial charge in [0.25, 0.3) is 5.56 Å². The second kappa shape index (κ2) is 8.37. The Morgan fingerprint density at radius 2 is 2.03 bits per heavy atom. The lowest BCUT2D eigenvalue weighted by Crippen LogP contribution is -2.28. The molecule has 1 aliphatic heterocycles. The molecule has 0 bridgehead atoms. The summed E-state index contributed by atoms with van der Waals surface area (Å²) < 4.78 is 29.9. The molecule has 0 amide bonds. The van der Waals surface area contributed by atoms with Crippen molar-refractivity contribution in [3.63, 3.8) is 0 Å². The first-order valence-corrected chi connectivity index (χ1v) is 10.8. The molecule has 0 spiro atoms. The van der Waals surface area contributed by atoms with Crippen LogP contribution in [0.25, 0.3) is 27.4 Å². The van der Waals surface area contributed by atoms with E-state index in [1.54, 1.807) is 32.3 Å². The van der Waals surface area contributed by atoms with Crippen molar-refractivity contribution in [2.75, 3.05) is 25.5 Å². The van der Waals surface area contributed by atoms with Gasteiger partial charge in [-0.2, -0.15) is 4.39 Å². The van der Waals surface area contributed by atoms with E-state index in [0.717, 1.165) is 11.0 Å². The number of pyridine rings is 3. The molecule has 0 atom stereocenters. The molecular weight excluding hydrogens is 424 g/mol. The molecule has 5 rings (SSSR count). The Hall–Kier alpha value is -3.65. The number of aromatic nitrogens is 3. The fraction of sp³-hybridized carbons (Fsp3) is 0.240. The molecule has 0 aliphatic carbocycles. The van der Waals surface area contributed by atoms with Crippen molar-refractivity contribution in [1.82, 2.24) is 19.9 Å². The normalized spacial score (nSPS) is 14.6. The van der Waals surface area contributed by atoms with Crippen molar-refractivity contribution in [2.45, 2.75) is 19.9 Å². The Balaban J connectivity index is 1.39. The topological polar surface area (TPSA) is 73.9 Å². The maximum Gasteiger partial charge on any atom is 0.251 e. The monoisotopic (exact) mass is 447 g/mol. The molecule has 168 valence electrons. The zero-order valence-electron chi connectivity index (χ0n) is 18.4. The van der Waals surface area contributed by atoms with Crippen LogP contribution in [-0.4, -0.2) is 40.0 Å². The van der Waals surface area contributed by atoms with E-state index >= 15 is 4.39 Å². The Kier molecular flexibility index (Phi) is 5.38. The highest BCUT2D eigenvalue weighted by Crippen LogP contribution is 2.29. The first kappa shape index (κ1) is 21.2. The average molecular weight is 447 g/mol. The minimum atomic E-state index is -0.522. The summed E-state index contributed by atoms with van der Waals surface area (Å²) in [6.07, 6.45) is 4.26. The van der Waals surface area contributed by atoms with Crippen LogP contribution in [0.15, 0.2) is 47.4 Å². The molecule has 0 fully saturated rings. The number of benzene rings is 1. The number of anilines is 1. The van der Waals surface area contributed by atoms with Gasteiger partial charge in [0.1, 0.15) is 5.52 Å². The molecule has 6 nitrogen and oxygen atoms in total. The van der Waals surface area contributed by atoms with Gasteiger partial charge in [0, 0.05) is 60.3 Å². The number of nitrogens with one attached hydrogen (secondary N) is 2. The molecule has 8 heteroatoms. The fourth-order valence-electron chi connectivity index (χ4n) is 4.34. The van der Waals surface area contributed by atoms with Crippen LogP contribution in [0, 0.1) is 18.7 Å². The summed E-state index contributed by atoms with van der Waals surface area (Å²) in [5.41, 5.74) is 2.89. The van der Waals surface area contributed by atoms with E-state index in [2.05, 4.69) is 25.2 Å². The van der Waals surface area contributed by atoms with Crippen LogP contribution in [0.5, 0.6) is 0 Å². The summed E-state index contributed by atoms with van der Waals surface area (Å²) in [6, 6.07) is 8.90. The molecule has 0 radical (unpaired) electrons. The second-order valence-corrected chi connectivity index (χ2v) is 8.31. The highest BCUT2D eigenvalue weighted by Gasteiger charge is 2.19. The van der Waals surface area contributed by atoms with Gasteiger partial charge in [-0.25, -0.2) is 14.4 Å². The number of aromatic amines is 1. The zero-order valence-corrected chi connectivity index (χ0v) is 18.4. The Labute approximate surface area is 189 Å². The van der Waals surface area contributed by atoms with Gasteiger partial charge in [-0.05, 0) is 37.1 Å². The van der Waals surface area contributed by atoms with Crippen LogP contribution in [0.2, 0.25) is 0 Å². The summed E-state index contributed by atoms with van der Waals surface area (Å²) in [5.74, 6) is -0.389. The number of H-pyrrole nitrogens is 1. The summed E-state index contributed by atoms with van der Waals surface area (Å²) >= 11 is 0. The number of rotatable bonds is 4. The van der Waals surface area contributed by atoms with Crippen molar-refractivity contribution < 1.29 is 8.78 Å². The minimum absolute atomic E-state index is 0.232. The zero-order chi connectivity index (χ0) is 23.1. The molecule has 4 aromatic rings. The number of halogens is 2. The van der Waals surface area contributed by atoms with E-state index < -0.39 is 11.8 Å².